The van der Waals surface area contributed by atoms with Crippen molar-refractivity contribution in [2.45, 2.75) is 32.9 Å². The van der Waals surface area contributed by atoms with Crippen LogP contribution in [0.5, 0.6) is 0 Å². The Morgan fingerprint density at radius 1 is 1.29 bits per heavy atom. The van der Waals surface area contributed by atoms with Crippen LogP contribution in [0.2, 0.25) is 0 Å². The molecule has 0 aliphatic rings. The molecule has 1 aromatic carbocycles. The Hall–Kier alpha value is -2.37. The highest BCUT2D eigenvalue weighted by Crippen LogP contribution is 2.07. The summed E-state index contributed by atoms with van der Waals surface area (Å²) in [6.45, 7) is 5.89. The minimum atomic E-state index is -0.313. The lowest BCUT2D eigenvalue weighted by Gasteiger charge is -2.21. The first-order chi connectivity index (χ1) is 9.78. The van der Waals surface area contributed by atoms with E-state index in [1.807, 2.05) is 26.8 Å². The fourth-order valence-electron chi connectivity index (χ4n) is 1.97. The van der Waals surface area contributed by atoms with Gasteiger partial charge < -0.3 is 10.6 Å². The lowest BCUT2D eigenvalue weighted by atomic mass is 10.1. The summed E-state index contributed by atoms with van der Waals surface area (Å²) < 4.78 is 1.46. The maximum absolute atomic E-state index is 12.2. The Morgan fingerprint density at radius 3 is 2.62 bits per heavy atom. The van der Waals surface area contributed by atoms with Crippen molar-refractivity contribution in [1.29, 1.82) is 0 Å². The van der Waals surface area contributed by atoms with Crippen LogP contribution < -0.4 is 16.2 Å². The standard InChI is InChI=1S/C15H20N4O2/c1-15(2,3)18-14(21)16-9-12-17-11-8-6-5-7-10(11)13(20)19(12)4/h5-8H,9H2,1-4H3,(H2,16,18,21). The summed E-state index contributed by atoms with van der Waals surface area (Å²) in [5.41, 5.74) is 0.203. The average Bonchev–Trinajstić information content (AvgIpc) is 2.39. The number of nitrogens with zero attached hydrogens (tertiary/aromatic N) is 2. The van der Waals surface area contributed by atoms with Crippen LogP contribution in [-0.4, -0.2) is 21.1 Å². The highest BCUT2D eigenvalue weighted by atomic mass is 16.2. The molecule has 0 aliphatic heterocycles. The average molecular weight is 288 g/mol. The molecule has 1 heterocycles. The number of hydrogen-bond donors (Lipinski definition) is 2. The summed E-state index contributed by atoms with van der Waals surface area (Å²) in [4.78, 5) is 28.4. The molecule has 2 rings (SSSR count). The molecule has 0 unspecified atom stereocenters. The molecule has 0 saturated carbocycles. The molecule has 0 bridgehead atoms. The number of benzene rings is 1. The molecule has 0 saturated heterocycles. The Labute approximate surface area is 123 Å². The van der Waals surface area contributed by atoms with E-state index in [0.29, 0.717) is 16.7 Å². The first-order valence-corrected chi connectivity index (χ1v) is 6.78. The third-order valence-electron chi connectivity index (χ3n) is 2.97. The molecular formula is C15H20N4O2. The van der Waals surface area contributed by atoms with Crippen LogP contribution in [0, 0.1) is 0 Å². The third-order valence-corrected chi connectivity index (χ3v) is 2.97. The van der Waals surface area contributed by atoms with Crippen molar-refractivity contribution >= 4 is 16.9 Å². The normalized spacial score (nSPS) is 11.4. The Kier molecular flexibility index (Phi) is 3.97. The van der Waals surface area contributed by atoms with E-state index in [9.17, 15) is 9.59 Å². The monoisotopic (exact) mass is 288 g/mol. The molecule has 1 aromatic heterocycles. The molecule has 21 heavy (non-hydrogen) atoms. The van der Waals surface area contributed by atoms with Crippen molar-refractivity contribution in [2.24, 2.45) is 7.05 Å². The van der Waals surface area contributed by atoms with Gasteiger partial charge in [0.1, 0.15) is 5.82 Å². The van der Waals surface area contributed by atoms with E-state index in [4.69, 9.17) is 0 Å². The van der Waals surface area contributed by atoms with Gasteiger partial charge in [-0.05, 0) is 32.9 Å². The van der Waals surface area contributed by atoms with Gasteiger partial charge in [-0.15, -0.1) is 0 Å². The van der Waals surface area contributed by atoms with Crippen molar-refractivity contribution in [2.75, 3.05) is 0 Å². The van der Waals surface area contributed by atoms with Gasteiger partial charge in [0.25, 0.3) is 5.56 Å². The van der Waals surface area contributed by atoms with Crippen LogP contribution in [-0.2, 0) is 13.6 Å². The van der Waals surface area contributed by atoms with E-state index in [-0.39, 0.29) is 23.7 Å². The van der Waals surface area contributed by atoms with E-state index in [1.165, 1.54) is 4.57 Å². The highest BCUT2D eigenvalue weighted by Gasteiger charge is 2.14. The van der Waals surface area contributed by atoms with Gasteiger partial charge in [0, 0.05) is 12.6 Å². The predicted molar refractivity (Wildman–Crippen MR) is 82.1 cm³/mol. The van der Waals surface area contributed by atoms with Gasteiger partial charge >= 0.3 is 6.03 Å². The van der Waals surface area contributed by atoms with Gasteiger partial charge in [-0.3, -0.25) is 9.36 Å². The second kappa shape index (κ2) is 5.55. The Bertz CT molecular complexity index is 729. The van der Waals surface area contributed by atoms with Crippen LogP contribution in [0.4, 0.5) is 4.79 Å². The minimum Gasteiger partial charge on any atom is -0.334 e. The number of fused-ring (bicyclic) bond motifs is 1. The van der Waals surface area contributed by atoms with Gasteiger partial charge in [-0.25, -0.2) is 9.78 Å². The zero-order valence-electron chi connectivity index (χ0n) is 12.7. The van der Waals surface area contributed by atoms with Crippen LogP contribution in [0.3, 0.4) is 0 Å². The highest BCUT2D eigenvalue weighted by molar-refractivity contribution is 5.77. The van der Waals surface area contributed by atoms with Gasteiger partial charge in [-0.1, -0.05) is 12.1 Å². The summed E-state index contributed by atoms with van der Waals surface area (Å²) in [6.07, 6.45) is 0. The number of carbonyl (C=O) groups excluding carboxylic acids is 1. The minimum absolute atomic E-state index is 0.117. The second-order valence-electron chi connectivity index (χ2n) is 5.97. The van der Waals surface area contributed by atoms with Crippen molar-refractivity contribution in [1.82, 2.24) is 20.2 Å². The topological polar surface area (TPSA) is 76.0 Å². The lowest BCUT2D eigenvalue weighted by Crippen LogP contribution is -2.46. The number of rotatable bonds is 2. The van der Waals surface area contributed by atoms with E-state index in [0.717, 1.165) is 0 Å². The summed E-state index contributed by atoms with van der Waals surface area (Å²) >= 11 is 0. The molecule has 0 radical (unpaired) electrons. The smallest absolute Gasteiger partial charge is 0.315 e. The van der Waals surface area contributed by atoms with E-state index in [2.05, 4.69) is 15.6 Å². The number of nitrogens with one attached hydrogen (secondary N) is 2. The fraction of sp³-hybridized carbons (Fsp3) is 0.400. The predicted octanol–water partition coefficient (Wildman–Crippen LogP) is 1.53. The molecule has 112 valence electrons. The van der Waals surface area contributed by atoms with Gasteiger partial charge in [0.2, 0.25) is 0 Å². The van der Waals surface area contributed by atoms with Crippen molar-refractivity contribution in [3.8, 4) is 0 Å². The largest absolute Gasteiger partial charge is 0.334 e. The molecule has 6 nitrogen and oxygen atoms in total. The third kappa shape index (κ3) is 3.59. The molecular weight excluding hydrogens is 268 g/mol. The molecule has 2 amide bonds. The summed E-state index contributed by atoms with van der Waals surface area (Å²) in [5, 5.41) is 6.08. The van der Waals surface area contributed by atoms with Crippen LogP contribution in [0.15, 0.2) is 29.1 Å². The SMILES string of the molecule is Cn1c(CNC(=O)NC(C)(C)C)nc2ccccc2c1=O. The van der Waals surface area contributed by atoms with Gasteiger partial charge in [0.15, 0.2) is 0 Å². The Morgan fingerprint density at radius 2 is 1.95 bits per heavy atom. The van der Waals surface area contributed by atoms with Crippen molar-refractivity contribution in [3.05, 3.63) is 40.4 Å². The number of aromatic nitrogens is 2. The molecule has 0 aliphatic carbocycles. The van der Waals surface area contributed by atoms with Crippen LogP contribution in [0.1, 0.15) is 26.6 Å². The number of amides is 2. The molecule has 2 aromatic rings. The van der Waals surface area contributed by atoms with Crippen molar-refractivity contribution < 1.29 is 4.79 Å². The first kappa shape index (κ1) is 15.0. The molecule has 0 fully saturated rings. The second-order valence-corrected chi connectivity index (χ2v) is 5.97. The lowest BCUT2D eigenvalue weighted by molar-refractivity contribution is 0.231. The number of urea groups is 1. The number of hydrogen-bond acceptors (Lipinski definition) is 3. The fourth-order valence-corrected chi connectivity index (χ4v) is 1.97. The first-order valence-electron chi connectivity index (χ1n) is 6.78. The summed E-state index contributed by atoms with van der Waals surface area (Å²) in [5.74, 6) is 0.516. The molecule has 0 atom stereocenters. The van der Waals surface area contributed by atoms with E-state index in [1.54, 1.807) is 25.2 Å². The molecule has 6 heteroatoms. The van der Waals surface area contributed by atoms with Gasteiger partial charge in [0.05, 0.1) is 17.4 Å². The number of carbonyl (C=O) groups is 1. The summed E-state index contributed by atoms with van der Waals surface area (Å²) in [6, 6.07) is 6.88. The zero-order chi connectivity index (χ0) is 15.6. The Balaban J connectivity index is 2.21. The van der Waals surface area contributed by atoms with Crippen LogP contribution in [0.25, 0.3) is 10.9 Å². The maximum Gasteiger partial charge on any atom is 0.315 e. The number of para-hydroxylation sites is 1. The van der Waals surface area contributed by atoms with E-state index >= 15 is 0 Å². The van der Waals surface area contributed by atoms with E-state index < -0.39 is 0 Å². The van der Waals surface area contributed by atoms with Gasteiger partial charge in [-0.2, -0.15) is 0 Å². The van der Waals surface area contributed by atoms with Crippen LogP contribution >= 0.6 is 0 Å². The van der Waals surface area contributed by atoms with Crippen molar-refractivity contribution in [3.63, 3.8) is 0 Å². The zero-order valence-corrected chi connectivity index (χ0v) is 12.7. The molecule has 2 N–H and O–H groups in total. The molecule has 0 spiro atoms. The summed E-state index contributed by atoms with van der Waals surface area (Å²) in [7, 11) is 1.65. The maximum atomic E-state index is 12.2. The quantitative estimate of drug-likeness (QED) is 0.880.